The number of allylic oxidation sites excluding steroid dienone is 1. The number of rotatable bonds is 2. The Hall–Kier alpha value is -1.28. The van der Waals surface area contributed by atoms with Crippen LogP contribution in [0.4, 0.5) is 0 Å². The molecule has 0 amide bonds. The van der Waals surface area contributed by atoms with Gasteiger partial charge in [0.2, 0.25) is 0 Å². The van der Waals surface area contributed by atoms with E-state index in [4.69, 9.17) is 5.11 Å². The molecule has 0 spiro atoms. The van der Waals surface area contributed by atoms with Gasteiger partial charge in [0.25, 0.3) is 18.0 Å². The van der Waals surface area contributed by atoms with Crippen molar-refractivity contribution in [3.8, 4) is 5.75 Å². The highest BCUT2D eigenvalue weighted by Gasteiger charge is 2.53. The van der Waals surface area contributed by atoms with E-state index in [1.165, 1.54) is 11.3 Å². The summed E-state index contributed by atoms with van der Waals surface area (Å²) < 4.78 is 3.21. The highest BCUT2D eigenvalue weighted by atomic mass is 16.8. The van der Waals surface area contributed by atoms with Crippen LogP contribution >= 0.6 is 0 Å². The van der Waals surface area contributed by atoms with Crippen LogP contribution in [0.15, 0.2) is 30.8 Å². The van der Waals surface area contributed by atoms with Crippen LogP contribution in [0.5, 0.6) is 5.75 Å². The zero-order valence-corrected chi connectivity index (χ0v) is 10.5. The maximum atomic E-state index is 8.25. The maximum absolute atomic E-state index is 8.25. The van der Waals surface area contributed by atoms with E-state index < -0.39 is 0 Å². The molecule has 88 valence electrons. The zero-order chi connectivity index (χ0) is 12.3. The molecule has 0 unspecified atom stereocenters. The second kappa shape index (κ2) is 4.71. The summed E-state index contributed by atoms with van der Waals surface area (Å²) in [5.41, 5.74) is 2.62. The normalized spacial score (nSPS) is 16.2. The van der Waals surface area contributed by atoms with Crippen molar-refractivity contribution in [2.75, 3.05) is 13.7 Å². The molecule has 2 heteroatoms. The van der Waals surface area contributed by atoms with E-state index in [2.05, 4.69) is 49.1 Å². The van der Waals surface area contributed by atoms with Gasteiger partial charge in [-0.3, -0.25) is 0 Å². The van der Waals surface area contributed by atoms with Gasteiger partial charge in [0.15, 0.2) is 0 Å². The number of hydrogen-bond donors (Lipinski definition) is 0. The van der Waals surface area contributed by atoms with E-state index in [0.29, 0.717) is 0 Å². The van der Waals surface area contributed by atoms with Crippen LogP contribution in [-0.4, -0.2) is 19.3 Å². The monoisotopic (exact) mass is 220 g/mol. The summed E-state index contributed by atoms with van der Waals surface area (Å²) in [6.45, 7) is 11.5. The highest BCUT2D eigenvalue weighted by molar-refractivity contribution is 5.61. The van der Waals surface area contributed by atoms with Crippen LogP contribution < -0.4 is 5.11 Å². The van der Waals surface area contributed by atoms with E-state index in [9.17, 15) is 0 Å². The van der Waals surface area contributed by atoms with Gasteiger partial charge in [-0.1, -0.05) is 12.2 Å². The summed E-state index contributed by atoms with van der Waals surface area (Å²) in [4.78, 5) is 0. The van der Waals surface area contributed by atoms with Crippen molar-refractivity contribution >= 4 is 5.57 Å². The maximum Gasteiger partial charge on any atom is 0.267 e. The lowest BCUT2D eigenvalue weighted by atomic mass is 10.1. The van der Waals surface area contributed by atoms with Gasteiger partial charge in [-0.2, -0.15) is 7.11 Å². The van der Waals surface area contributed by atoms with Crippen molar-refractivity contribution < 1.29 is 9.47 Å². The fourth-order valence-corrected chi connectivity index (χ4v) is 1.62. The van der Waals surface area contributed by atoms with Gasteiger partial charge in [0.05, 0.1) is 0 Å². The third kappa shape index (κ3) is 2.64. The van der Waals surface area contributed by atoms with Crippen molar-refractivity contribution in [1.82, 2.24) is 0 Å². The van der Waals surface area contributed by atoms with E-state index in [1.807, 2.05) is 6.92 Å². The Bertz CT molecular complexity index is 363. The molecule has 1 heterocycles. The van der Waals surface area contributed by atoms with Crippen LogP contribution in [0.2, 0.25) is 0 Å². The second-order valence-electron chi connectivity index (χ2n) is 4.60. The first-order valence-corrected chi connectivity index (χ1v) is 5.38. The van der Waals surface area contributed by atoms with Crippen molar-refractivity contribution in [3.05, 3.63) is 36.4 Å². The summed E-state index contributed by atoms with van der Waals surface area (Å²) >= 11 is 0. The highest BCUT2D eigenvalue weighted by Crippen LogP contribution is 2.47. The van der Waals surface area contributed by atoms with Crippen molar-refractivity contribution in [3.63, 3.8) is 0 Å². The topological polar surface area (TPSA) is 25.8 Å². The fraction of sp³-hybridized carbons (Fsp3) is 0.429. The standard InChI is InChI=1S/C13H17O.CH3O/c1-10(2)11-5-7-12(8-6-11)14-9-13(14,3)4;1-2/h5-8H,1,9H2,2-4H3;1H3/q+1;-1. The lowest BCUT2D eigenvalue weighted by Gasteiger charge is -2.06. The van der Waals surface area contributed by atoms with Gasteiger partial charge in [0, 0.05) is 26.0 Å². The SMILES string of the molecule is C=C(C)c1ccc([O+]2CC2(C)C)cc1.C[O-]. The molecule has 0 atom stereocenters. The largest absolute Gasteiger partial charge is 0.857 e. The lowest BCUT2D eigenvalue weighted by Crippen LogP contribution is -1.97. The Morgan fingerprint density at radius 3 is 2.00 bits per heavy atom. The van der Waals surface area contributed by atoms with Gasteiger partial charge in [-0.05, 0) is 24.6 Å². The minimum Gasteiger partial charge on any atom is -0.857 e. The lowest BCUT2D eigenvalue weighted by molar-refractivity contribution is -0.325. The van der Waals surface area contributed by atoms with E-state index in [-0.39, 0.29) is 5.60 Å². The Morgan fingerprint density at radius 1 is 1.25 bits per heavy atom. The van der Waals surface area contributed by atoms with Crippen LogP contribution in [0.3, 0.4) is 0 Å². The molecule has 1 aliphatic rings. The van der Waals surface area contributed by atoms with Crippen molar-refractivity contribution in [2.24, 2.45) is 0 Å². The average molecular weight is 220 g/mol. The molecule has 2 nitrogen and oxygen atoms in total. The summed E-state index contributed by atoms with van der Waals surface area (Å²) in [5.74, 6) is 1.24. The third-order valence-corrected chi connectivity index (χ3v) is 2.70. The van der Waals surface area contributed by atoms with Crippen LogP contribution in [0, 0.1) is 0 Å². The zero-order valence-electron chi connectivity index (χ0n) is 10.5. The Balaban J connectivity index is 0.000000606. The molecule has 0 aliphatic carbocycles. The average Bonchev–Trinajstić information content (AvgIpc) is 2.91. The van der Waals surface area contributed by atoms with E-state index in [1.54, 1.807) is 0 Å². The quantitative estimate of drug-likeness (QED) is 0.556. The van der Waals surface area contributed by atoms with Crippen molar-refractivity contribution in [1.29, 1.82) is 0 Å². The molecule has 1 aromatic rings. The molecule has 16 heavy (non-hydrogen) atoms. The summed E-state index contributed by atoms with van der Waals surface area (Å²) in [7, 11) is 0.750. The predicted molar refractivity (Wildman–Crippen MR) is 66.6 cm³/mol. The van der Waals surface area contributed by atoms with Gasteiger partial charge in [-0.25, -0.2) is 0 Å². The van der Waals surface area contributed by atoms with Gasteiger partial charge in [0.1, 0.15) is 0 Å². The number of hydrogen-bond acceptors (Lipinski definition) is 1. The molecule has 2 rings (SSSR count). The summed E-state index contributed by atoms with van der Waals surface area (Å²) in [5, 5.41) is 8.25. The molecule has 0 radical (unpaired) electrons. The summed E-state index contributed by atoms with van der Waals surface area (Å²) in [6.07, 6.45) is 0. The van der Waals surface area contributed by atoms with E-state index in [0.717, 1.165) is 19.3 Å². The molecule has 1 aliphatic heterocycles. The molecule has 0 aromatic heterocycles. The minimum atomic E-state index is 0.282. The van der Waals surface area contributed by atoms with Crippen molar-refractivity contribution in [2.45, 2.75) is 26.4 Å². The minimum absolute atomic E-state index is 0.282. The first kappa shape index (κ1) is 12.8. The molecule has 1 fully saturated rings. The van der Waals surface area contributed by atoms with Crippen LogP contribution in [0.25, 0.3) is 5.57 Å². The molecule has 0 bridgehead atoms. The molecule has 0 saturated carbocycles. The Morgan fingerprint density at radius 2 is 1.69 bits per heavy atom. The third-order valence-electron chi connectivity index (χ3n) is 2.70. The number of benzene rings is 1. The second-order valence-corrected chi connectivity index (χ2v) is 4.60. The number of epoxide rings is 1. The van der Waals surface area contributed by atoms with Crippen LogP contribution in [0.1, 0.15) is 26.3 Å². The first-order valence-electron chi connectivity index (χ1n) is 5.38. The van der Waals surface area contributed by atoms with Gasteiger partial charge in [-0.15, -0.1) is 0 Å². The van der Waals surface area contributed by atoms with Gasteiger partial charge >= 0.3 is 0 Å². The summed E-state index contributed by atoms with van der Waals surface area (Å²) in [6, 6.07) is 8.53. The molecular weight excluding hydrogens is 200 g/mol. The van der Waals surface area contributed by atoms with Gasteiger partial charge < -0.3 is 9.47 Å². The molecule has 0 N–H and O–H groups in total. The fourth-order valence-electron chi connectivity index (χ4n) is 1.62. The molecular formula is C14H20O2. The smallest absolute Gasteiger partial charge is 0.267 e. The predicted octanol–water partition coefficient (Wildman–Crippen LogP) is 2.75. The van der Waals surface area contributed by atoms with E-state index >= 15 is 0 Å². The Labute approximate surface area is 97.9 Å². The first-order chi connectivity index (χ1) is 7.50. The molecule has 1 saturated heterocycles. The molecule has 1 aromatic carbocycles. The van der Waals surface area contributed by atoms with Crippen LogP contribution in [-0.2, 0) is 4.37 Å². The Kier molecular flexibility index (Phi) is 3.76.